The van der Waals surface area contributed by atoms with Crippen LogP contribution in [0.15, 0.2) is 18.3 Å². The van der Waals surface area contributed by atoms with Gasteiger partial charge in [0, 0.05) is 32.8 Å². The predicted octanol–water partition coefficient (Wildman–Crippen LogP) is 1.76. The molecule has 0 aliphatic carbocycles. The number of aromatic nitrogens is 1. The maximum atomic E-state index is 12.1. The highest BCUT2D eigenvalue weighted by Crippen LogP contribution is 2.09. The van der Waals surface area contributed by atoms with E-state index in [1.165, 1.54) is 0 Å². The van der Waals surface area contributed by atoms with E-state index in [4.69, 9.17) is 9.84 Å². The maximum Gasteiger partial charge on any atom is 0.303 e. The largest absolute Gasteiger partial charge is 0.481 e. The molecule has 1 heterocycles. The molecule has 1 rings (SSSR count). The van der Waals surface area contributed by atoms with Crippen LogP contribution in [0, 0.1) is 5.92 Å². The van der Waals surface area contributed by atoms with Crippen LogP contribution in [0.1, 0.15) is 36.7 Å². The molecule has 118 valence electrons. The molecule has 0 fully saturated rings. The van der Waals surface area contributed by atoms with Crippen LogP contribution in [0.25, 0.3) is 0 Å². The fourth-order valence-electron chi connectivity index (χ4n) is 2.04. The summed E-state index contributed by atoms with van der Waals surface area (Å²) < 4.78 is 6.86. The van der Waals surface area contributed by atoms with Crippen molar-refractivity contribution in [3.63, 3.8) is 0 Å². The normalized spacial score (nSPS) is 12.1. The zero-order chi connectivity index (χ0) is 15.7. The van der Waals surface area contributed by atoms with Crippen molar-refractivity contribution >= 4 is 11.9 Å². The Morgan fingerprint density at radius 2 is 2.19 bits per heavy atom. The molecule has 0 spiro atoms. The van der Waals surface area contributed by atoms with Crippen LogP contribution in [-0.4, -0.2) is 41.8 Å². The third kappa shape index (κ3) is 6.44. The number of carboxylic acids is 1. The zero-order valence-corrected chi connectivity index (χ0v) is 12.7. The second-order valence-corrected chi connectivity index (χ2v) is 5.16. The number of carbonyl (C=O) groups is 2. The maximum absolute atomic E-state index is 12.1. The summed E-state index contributed by atoms with van der Waals surface area (Å²) >= 11 is 0. The lowest BCUT2D eigenvalue weighted by Crippen LogP contribution is -2.28. The predicted molar refractivity (Wildman–Crippen MR) is 79.3 cm³/mol. The number of carbonyl (C=O) groups excluding carboxylic acids is 1. The van der Waals surface area contributed by atoms with Crippen LogP contribution in [0.2, 0.25) is 0 Å². The van der Waals surface area contributed by atoms with Gasteiger partial charge in [-0.1, -0.05) is 6.92 Å². The van der Waals surface area contributed by atoms with Crippen molar-refractivity contribution in [2.75, 3.05) is 20.3 Å². The summed E-state index contributed by atoms with van der Waals surface area (Å²) in [5.74, 6) is -0.606. The van der Waals surface area contributed by atoms with Crippen LogP contribution in [-0.2, 0) is 16.1 Å². The highest BCUT2D eigenvalue weighted by molar-refractivity contribution is 5.92. The van der Waals surface area contributed by atoms with Gasteiger partial charge in [-0.15, -0.1) is 0 Å². The number of aliphatic carboxylic acids is 1. The second-order valence-electron chi connectivity index (χ2n) is 5.16. The Bertz CT molecular complexity index is 456. The van der Waals surface area contributed by atoms with Crippen molar-refractivity contribution in [1.29, 1.82) is 0 Å². The number of nitrogens with one attached hydrogen (secondary N) is 1. The van der Waals surface area contributed by atoms with Gasteiger partial charge in [0.25, 0.3) is 5.91 Å². The van der Waals surface area contributed by atoms with Crippen molar-refractivity contribution in [2.24, 2.45) is 5.92 Å². The highest BCUT2D eigenvalue weighted by Gasteiger charge is 2.11. The molecule has 1 aromatic rings. The molecular weight excluding hydrogens is 272 g/mol. The lowest BCUT2D eigenvalue weighted by molar-refractivity contribution is -0.137. The molecule has 1 unspecified atom stereocenters. The molecule has 21 heavy (non-hydrogen) atoms. The average Bonchev–Trinajstić information content (AvgIpc) is 2.91. The quantitative estimate of drug-likeness (QED) is 0.689. The first-order chi connectivity index (χ1) is 10.0. The Morgan fingerprint density at radius 3 is 2.86 bits per heavy atom. The number of rotatable bonds is 10. The summed E-state index contributed by atoms with van der Waals surface area (Å²) in [6.07, 6.45) is 3.44. The number of methoxy groups -OCH3 is 1. The van der Waals surface area contributed by atoms with Crippen LogP contribution < -0.4 is 5.32 Å². The Hall–Kier alpha value is -1.82. The standard InChI is InChI=1S/C15H24N2O4/c1-12(5-6-14(18)19)7-8-16-15(20)13-4-3-9-17(13)10-11-21-2/h3-4,9,12H,5-8,10-11H2,1-2H3,(H,16,20)(H,18,19). The number of hydrogen-bond acceptors (Lipinski definition) is 3. The molecule has 6 heteroatoms. The highest BCUT2D eigenvalue weighted by atomic mass is 16.5. The minimum atomic E-state index is -0.776. The monoisotopic (exact) mass is 296 g/mol. The van der Waals surface area contributed by atoms with Crippen molar-refractivity contribution in [3.05, 3.63) is 24.0 Å². The van der Waals surface area contributed by atoms with Gasteiger partial charge in [0.2, 0.25) is 0 Å². The van der Waals surface area contributed by atoms with E-state index in [0.717, 1.165) is 6.42 Å². The molecule has 1 aromatic heterocycles. The van der Waals surface area contributed by atoms with Crippen molar-refractivity contribution in [2.45, 2.75) is 32.7 Å². The lowest BCUT2D eigenvalue weighted by atomic mass is 10.0. The molecule has 0 saturated heterocycles. The fourth-order valence-corrected chi connectivity index (χ4v) is 2.04. The summed E-state index contributed by atoms with van der Waals surface area (Å²) in [5.41, 5.74) is 0.616. The summed E-state index contributed by atoms with van der Waals surface area (Å²) in [6.45, 7) is 3.74. The topological polar surface area (TPSA) is 80.6 Å². The number of amides is 1. The Kier molecular flexibility index (Phi) is 7.53. The molecular formula is C15H24N2O4. The van der Waals surface area contributed by atoms with Crippen LogP contribution in [0.5, 0.6) is 0 Å². The Morgan fingerprint density at radius 1 is 1.43 bits per heavy atom. The fraction of sp³-hybridized carbons (Fsp3) is 0.600. The first-order valence-corrected chi connectivity index (χ1v) is 7.18. The molecule has 1 atom stereocenters. The molecule has 6 nitrogen and oxygen atoms in total. The summed E-state index contributed by atoms with van der Waals surface area (Å²) in [7, 11) is 1.63. The second kappa shape index (κ2) is 9.18. The molecule has 0 radical (unpaired) electrons. The molecule has 0 aliphatic heterocycles. The third-order valence-corrected chi connectivity index (χ3v) is 3.37. The van der Waals surface area contributed by atoms with Crippen LogP contribution in [0.3, 0.4) is 0 Å². The van der Waals surface area contributed by atoms with E-state index in [-0.39, 0.29) is 18.2 Å². The van der Waals surface area contributed by atoms with Gasteiger partial charge in [0.15, 0.2) is 0 Å². The Labute approximate surface area is 125 Å². The smallest absolute Gasteiger partial charge is 0.303 e. The molecule has 0 aromatic carbocycles. The first-order valence-electron chi connectivity index (χ1n) is 7.18. The SMILES string of the molecule is COCCn1cccc1C(=O)NCCC(C)CCC(=O)O. The summed E-state index contributed by atoms with van der Waals surface area (Å²) in [4.78, 5) is 22.6. The minimum absolute atomic E-state index is 0.110. The van der Waals surface area contributed by atoms with Gasteiger partial charge < -0.3 is 19.7 Å². The summed E-state index contributed by atoms with van der Waals surface area (Å²) in [5, 5.41) is 11.5. The lowest BCUT2D eigenvalue weighted by Gasteiger charge is -2.12. The third-order valence-electron chi connectivity index (χ3n) is 3.37. The van der Waals surface area contributed by atoms with Gasteiger partial charge in [-0.25, -0.2) is 0 Å². The minimum Gasteiger partial charge on any atom is -0.481 e. The van der Waals surface area contributed by atoms with Gasteiger partial charge in [0.05, 0.1) is 6.61 Å². The van der Waals surface area contributed by atoms with E-state index in [9.17, 15) is 9.59 Å². The van der Waals surface area contributed by atoms with Gasteiger partial charge in [-0.3, -0.25) is 9.59 Å². The van der Waals surface area contributed by atoms with E-state index >= 15 is 0 Å². The molecule has 1 amide bonds. The van der Waals surface area contributed by atoms with Crippen molar-refractivity contribution < 1.29 is 19.4 Å². The van der Waals surface area contributed by atoms with Gasteiger partial charge in [0.1, 0.15) is 5.69 Å². The molecule has 2 N–H and O–H groups in total. The first kappa shape index (κ1) is 17.2. The van der Waals surface area contributed by atoms with E-state index in [0.29, 0.717) is 31.8 Å². The number of ether oxygens (including phenoxy) is 1. The average molecular weight is 296 g/mol. The number of nitrogens with zero attached hydrogens (tertiary/aromatic N) is 1. The zero-order valence-electron chi connectivity index (χ0n) is 12.7. The van der Waals surface area contributed by atoms with E-state index in [1.807, 2.05) is 23.8 Å². The van der Waals surface area contributed by atoms with Crippen LogP contribution >= 0.6 is 0 Å². The van der Waals surface area contributed by atoms with E-state index < -0.39 is 5.97 Å². The van der Waals surface area contributed by atoms with Crippen LogP contribution in [0.4, 0.5) is 0 Å². The molecule has 0 saturated carbocycles. The van der Waals surface area contributed by atoms with Gasteiger partial charge in [-0.2, -0.15) is 0 Å². The number of carboxylic acid groups (broad SMARTS) is 1. The number of hydrogen-bond donors (Lipinski definition) is 2. The Balaban J connectivity index is 2.33. The molecule has 0 aliphatic rings. The van der Waals surface area contributed by atoms with E-state index in [1.54, 1.807) is 13.2 Å². The summed E-state index contributed by atoms with van der Waals surface area (Å²) in [6, 6.07) is 3.61. The van der Waals surface area contributed by atoms with Gasteiger partial charge >= 0.3 is 5.97 Å². The van der Waals surface area contributed by atoms with Crippen molar-refractivity contribution in [3.8, 4) is 0 Å². The van der Waals surface area contributed by atoms with Crippen molar-refractivity contribution in [1.82, 2.24) is 9.88 Å². The van der Waals surface area contributed by atoms with Gasteiger partial charge in [-0.05, 0) is 30.9 Å². The van der Waals surface area contributed by atoms with E-state index in [2.05, 4.69) is 5.32 Å². The molecule has 0 bridgehead atoms.